The summed E-state index contributed by atoms with van der Waals surface area (Å²) in [5, 5.41) is 22.0. The molecule has 0 aromatic heterocycles. The molecule has 5 aromatic carbocycles. The van der Waals surface area contributed by atoms with Gasteiger partial charge >= 0.3 is 0 Å². The van der Waals surface area contributed by atoms with Gasteiger partial charge in [-0.15, -0.1) is 0 Å². The van der Waals surface area contributed by atoms with Crippen LogP contribution < -0.4 is 19.7 Å². The monoisotopic (exact) mass is 770 g/mol. The van der Waals surface area contributed by atoms with Gasteiger partial charge in [0.2, 0.25) is 0 Å². The molecular weight excluding hydrogens is 759 g/mol. The van der Waals surface area contributed by atoms with Crippen LogP contribution in [-0.2, 0) is 0 Å². The summed E-state index contributed by atoms with van der Waals surface area (Å²) in [6.07, 6.45) is 0. The van der Waals surface area contributed by atoms with Gasteiger partial charge in [-0.2, -0.15) is 0 Å². The minimum Gasteiger partial charge on any atom is -0.872 e. The molecule has 0 N–H and O–H groups in total. The fourth-order valence-electron chi connectivity index (χ4n) is 2.79. The van der Waals surface area contributed by atoms with Crippen LogP contribution in [0.1, 0.15) is 0 Å². The predicted molar refractivity (Wildman–Crippen MR) is 164 cm³/mol. The maximum Gasteiger partial charge on any atom is 0.191 e. The topological polar surface area (TPSA) is 64.6 Å². The predicted octanol–water partition coefficient (Wildman–Crippen LogP) is 9.73. The largest absolute Gasteiger partial charge is 0.872 e. The van der Waals surface area contributed by atoms with Crippen LogP contribution in [0.3, 0.4) is 0 Å². The van der Waals surface area contributed by atoms with Crippen LogP contribution in [0.25, 0.3) is 0 Å². The molecule has 1 heterocycles. The van der Waals surface area contributed by atoms with Crippen LogP contribution in [-0.4, -0.2) is 24.4 Å². The van der Waals surface area contributed by atoms with Crippen molar-refractivity contribution in [3.05, 3.63) is 139 Å². The Kier molecular flexibility index (Phi) is 15.2. The second-order valence-corrected chi connectivity index (χ2v) is 9.56. The summed E-state index contributed by atoms with van der Waals surface area (Å²) in [4.78, 5) is 0. The van der Waals surface area contributed by atoms with E-state index in [-0.39, 0.29) is 67.5 Å². The first-order valence-corrected chi connectivity index (χ1v) is 13.4. The van der Waals surface area contributed by atoms with E-state index in [4.69, 9.17) is 79.1 Å². The van der Waals surface area contributed by atoms with Crippen molar-refractivity contribution >= 4 is 94.0 Å². The number of benzene rings is 5. The van der Waals surface area contributed by atoms with Gasteiger partial charge < -0.3 is 19.7 Å². The van der Waals surface area contributed by atoms with Crippen molar-refractivity contribution in [1.82, 2.24) is 0 Å². The van der Waals surface area contributed by atoms with Gasteiger partial charge in [0.1, 0.15) is 10.0 Å². The van der Waals surface area contributed by atoms with Crippen LogP contribution in [0.4, 0.5) is 0 Å². The van der Waals surface area contributed by atoms with Crippen molar-refractivity contribution in [2.24, 2.45) is 0 Å². The van der Waals surface area contributed by atoms with Crippen LogP contribution in [0.5, 0.6) is 34.5 Å². The summed E-state index contributed by atoms with van der Waals surface area (Å²) < 4.78 is 10.9. The summed E-state index contributed by atoms with van der Waals surface area (Å²) in [6.45, 7) is 0. The van der Waals surface area contributed by atoms with Crippen molar-refractivity contribution in [3.8, 4) is 34.5 Å². The maximum atomic E-state index is 11.7. The first kappa shape index (κ1) is 35.1. The molecule has 6 rings (SSSR count). The molecule has 0 bridgehead atoms. The van der Waals surface area contributed by atoms with Gasteiger partial charge in [0, 0.05) is 24.4 Å². The number of hydrogen-bond donors (Lipinski definition) is 0. The molecule has 11 heteroatoms. The van der Waals surface area contributed by atoms with Gasteiger partial charge in [0.15, 0.2) is 23.0 Å². The average molecular weight is 774 g/mol. The second-order valence-electron chi connectivity index (χ2n) is 7.29. The molecule has 0 atom stereocenters. The van der Waals surface area contributed by atoms with Crippen LogP contribution in [0.2, 0.25) is 30.1 Å². The normalized spacial score (nSPS) is 10.1. The summed E-state index contributed by atoms with van der Waals surface area (Å²) >= 11 is 35.5. The first-order chi connectivity index (χ1) is 19.3. The number of fused-ring (bicyclic) bond motifs is 2. The van der Waals surface area contributed by atoms with Gasteiger partial charge in [0.25, 0.3) is 0 Å². The fourth-order valence-corrected chi connectivity index (χ4v) is 4.11. The Hall–Kier alpha value is -2.14. The standard InChI is InChI=1S/C12H2Cl6O4.3C6H5.Sb/c13-1-2(14)4(16)10-9(3(1)15)21-11-5(17)7(19)8(20)6(18)12(11)22-10;3*1-2-4-6-5-3-1;/h19-20H;3*1-5H;/p-2. The van der Waals surface area contributed by atoms with E-state index < -0.39 is 21.5 Å². The third-order valence-corrected chi connectivity index (χ3v) is 7.08. The molecular formula is C30H15Cl6O4Sb-2. The van der Waals surface area contributed by atoms with Gasteiger partial charge in [-0.05, 0) is 18.2 Å². The minimum atomic E-state index is -1.03. The van der Waals surface area contributed by atoms with E-state index in [1.807, 2.05) is 91.0 Å². The van der Waals surface area contributed by atoms with E-state index in [2.05, 4.69) is 18.2 Å². The van der Waals surface area contributed by atoms with Crippen molar-refractivity contribution < 1.29 is 19.7 Å². The van der Waals surface area contributed by atoms with Crippen molar-refractivity contribution in [2.75, 3.05) is 0 Å². The van der Waals surface area contributed by atoms with E-state index in [0.29, 0.717) is 0 Å². The summed E-state index contributed by atoms with van der Waals surface area (Å²) in [5.41, 5.74) is 0. The quantitative estimate of drug-likeness (QED) is 0.0877. The van der Waals surface area contributed by atoms with E-state index in [9.17, 15) is 10.2 Å². The average Bonchev–Trinajstić information content (AvgIpc) is 3.03. The zero-order valence-corrected chi connectivity index (χ0v) is 27.6. The number of hydrogen-bond acceptors (Lipinski definition) is 4. The fraction of sp³-hybridized carbons (Fsp3) is 0. The van der Waals surface area contributed by atoms with E-state index >= 15 is 0 Å². The van der Waals surface area contributed by atoms with Crippen LogP contribution in [0, 0.1) is 18.2 Å². The molecule has 0 spiro atoms. The molecule has 208 valence electrons. The van der Waals surface area contributed by atoms with Crippen LogP contribution in [0.15, 0.2) is 91.0 Å². The zero-order chi connectivity index (χ0) is 29.1. The third kappa shape index (κ3) is 9.43. The molecule has 0 saturated carbocycles. The van der Waals surface area contributed by atoms with Gasteiger partial charge in [0.05, 0.1) is 20.1 Å². The number of halogens is 6. The minimum absolute atomic E-state index is 0. The van der Waals surface area contributed by atoms with E-state index in [1.54, 1.807) is 0 Å². The molecule has 0 fully saturated rings. The molecule has 0 amide bonds. The smallest absolute Gasteiger partial charge is 0.191 e. The van der Waals surface area contributed by atoms with E-state index in [0.717, 1.165) is 0 Å². The first-order valence-electron chi connectivity index (χ1n) is 11.1. The Balaban J connectivity index is 0.000000249. The van der Waals surface area contributed by atoms with Crippen molar-refractivity contribution in [3.63, 3.8) is 0 Å². The Morgan fingerprint density at radius 3 is 0.829 bits per heavy atom. The van der Waals surface area contributed by atoms with Gasteiger partial charge in [-0.25, -0.2) is 0 Å². The van der Waals surface area contributed by atoms with E-state index in [1.165, 1.54) is 0 Å². The van der Waals surface area contributed by atoms with Crippen molar-refractivity contribution in [2.45, 2.75) is 0 Å². The Morgan fingerprint density at radius 2 is 0.634 bits per heavy atom. The van der Waals surface area contributed by atoms with Gasteiger partial charge in [-0.3, -0.25) is 0 Å². The van der Waals surface area contributed by atoms with Crippen LogP contribution >= 0.6 is 69.6 Å². The summed E-state index contributed by atoms with van der Waals surface area (Å²) in [7, 11) is 0. The number of ether oxygens (including phenoxy) is 2. The maximum absolute atomic E-state index is 11.7. The molecule has 0 unspecified atom stereocenters. The SMILES string of the molecule is [O-]c1c([O-])c(Cl)c2c(c1Cl)Oc1c(Cl)c(Cl)c(Cl)c(Cl)c1O2.[Sb].[c]1ccccc1.[c]1ccccc1.[c]1ccccc1. The molecule has 0 aliphatic carbocycles. The Bertz CT molecular complexity index is 1240. The number of rotatable bonds is 0. The molecule has 1 aliphatic rings. The Morgan fingerprint density at radius 1 is 0.390 bits per heavy atom. The third-order valence-electron chi connectivity index (χ3n) is 4.62. The molecule has 4 nitrogen and oxygen atoms in total. The summed E-state index contributed by atoms with van der Waals surface area (Å²) in [5.74, 6) is -2.74. The second kappa shape index (κ2) is 17.7. The molecule has 5 aromatic rings. The molecule has 1 aliphatic heterocycles. The molecule has 41 heavy (non-hydrogen) atoms. The van der Waals surface area contributed by atoms with Gasteiger partial charge in [-0.1, -0.05) is 172 Å². The summed E-state index contributed by atoms with van der Waals surface area (Å²) in [6, 6.07) is 37.5. The molecule has 6 radical (unpaired) electrons. The van der Waals surface area contributed by atoms with Crippen molar-refractivity contribution in [1.29, 1.82) is 0 Å². The molecule has 0 saturated heterocycles. The zero-order valence-electron chi connectivity index (χ0n) is 20.5. The Labute approximate surface area is 285 Å².